The van der Waals surface area contributed by atoms with Crippen LogP contribution < -0.4 is 37.9 Å². The number of aliphatic imine (C=N–C) groups is 1. The van der Waals surface area contributed by atoms with Gasteiger partial charge in [0.1, 0.15) is 11.5 Å². The summed E-state index contributed by atoms with van der Waals surface area (Å²) in [5, 5.41) is 18.3. The molecule has 0 saturated heterocycles. The summed E-state index contributed by atoms with van der Waals surface area (Å²) in [7, 11) is 0. The fourth-order valence-electron chi connectivity index (χ4n) is 3.66. The van der Waals surface area contributed by atoms with Gasteiger partial charge >= 0.3 is 12.2 Å². The third-order valence-electron chi connectivity index (χ3n) is 5.49. The van der Waals surface area contributed by atoms with E-state index in [1.165, 1.54) is 36.4 Å². The zero-order chi connectivity index (χ0) is 30.2. The first-order chi connectivity index (χ1) is 19.3. The number of nitrogens with two attached hydrogens (primary N) is 3. The van der Waals surface area contributed by atoms with Crippen molar-refractivity contribution in [2.24, 2.45) is 16.5 Å². The van der Waals surface area contributed by atoms with E-state index in [2.05, 4.69) is 20.9 Å². The summed E-state index contributed by atoms with van der Waals surface area (Å²) >= 11 is 0. The van der Waals surface area contributed by atoms with E-state index in [0.717, 1.165) is 12.1 Å². The number of aromatic hydroxyl groups is 1. The summed E-state index contributed by atoms with van der Waals surface area (Å²) in [4.78, 5) is 28.7. The molecule has 3 aromatic rings. The number of hydrogen-bond donors (Lipinski definition) is 7. The number of carbonyl (C=O) groups is 2. The first-order valence-electron chi connectivity index (χ1n) is 12.3. The predicted molar refractivity (Wildman–Crippen MR) is 151 cm³/mol. The number of nitrogen functional groups attached to an aromatic ring is 1. The second-order valence-corrected chi connectivity index (χ2v) is 9.01. The Hall–Kier alpha value is -5.14. The second-order valence-electron chi connectivity index (χ2n) is 9.01. The van der Waals surface area contributed by atoms with Crippen molar-refractivity contribution in [3.63, 3.8) is 0 Å². The average Bonchev–Trinajstić information content (AvgIpc) is 2.86. The number of carbonyl (C=O) groups excluding carboxylic acids is 2. The number of ether oxygens (including phenoxy) is 1. The maximum absolute atomic E-state index is 13.0. The molecule has 0 heterocycles. The van der Waals surface area contributed by atoms with E-state index >= 15 is 0 Å². The molecule has 0 bridgehead atoms. The average molecular weight is 574 g/mol. The van der Waals surface area contributed by atoms with Crippen molar-refractivity contribution >= 4 is 40.6 Å². The largest absolute Gasteiger partial charge is 0.504 e. The van der Waals surface area contributed by atoms with Gasteiger partial charge in [-0.3, -0.25) is 9.79 Å². The first kappa shape index (κ1) is 30.4. The Morgan fingerprint density at radius 1 is 0.927 bits per heavy atom. The van der Waals surface area contributed by atoms with Crippen LogP contribution in [0.5, 0.6) is 17.2 Å². The minimum absolute atomic E-state index is 0.0192. The number of nitrogens with zero attached hydrogens (tertiary/aromatic N) is 1. The van der Waals surface area contributed by atoms with Gasteiger partial charge in [0.2, 0.25) is 5.91 Å². The summed E-state index contributed by atoms with van der Waals surface area (Å²) in [5.74, 6) is -0.568. The van der Waals surface area contributed by atoms with Gasteiger partial charge in [-0.25, -0.2) is 4.79 Å². The molecule has 0 atom stereocenters. The van der Waals surface area contributed by atoms with E-state index in [0.29, 0.717) is 30.6 Å². The topological polar surface area (TPSA) is 190 Å². The molecule has 0 spiro atoms. The van der Waals surface area contributed by atoms with Gasteiger partial charge in [0.05, 0.1) is 16.9 Å². The fraction of sp³-hybridized carbons (Fsp3) is 0.222. The van der Waals surface area contributed by atoms with Crippen molar-refractivity contribution in [2.75, 3.05) is 28.2 Å². The van der Waals surface area contributed by atoms with Gasteiger partial charge < -0.3 is 43.0 Å². The zero-order valence-corrected chi connectivity index (χ0v) is 22.0. The Bertz CT molecular complexity index is 1420. The van der Waals surface area contributed by atoms with E-state index in [4.69, 9.17) is 21.9 Å². The van der Waals surface area contributed by atoms with Gasteiger partial charge in [0, 0.05) is 30.4 Å². The molecule has 41 heavy (non-hydrogen) atoms. The highest BCUT2D eigenvalue weighted by molar-refractivity contribution is 6.02. The summed E-state index contributed by atoms with van der Waals surface area (Å²) < 4.78 is 44.6. The minimum atomic E-state index is -4.58. The lowest BCUT2D eigenvalue weighted by molar-refractivity contribution is -0.137. The van der Waals surface area contributed by atoms with Gasteiger partial charge in [0.25, 0.3) is 0 Å². The van der Waals surface area contributed by atoms with Crippen LogP contribution in [0.2, 0.25) is 0 Å². The molecule has 3 rings (SSSR count). The molecule has 10 N–H and O–H groups in total. The van der Waals surface area contributed by atoms with E-state index < -0.39 is 17.8 Å². The number of nitrogens with one attached hydrogen (secondary N) is 3. The van der Waals surface area contributed by atoms with Crippen molar-refractivity contribution in [3.05, 3.63) is 65.7 Å². The number of phenolic OH excluding ortho intramolecular Hbond substituents is 1. The number of alkyl halides is 3. The van der Waals surface area contributed by atoms with Gasteiger partial charge in [-0.1, -0.05) is 0 Å². The number of guanidine groups is 1. The SMILES string of the molecule is Cc1cc(NC(=O)CCCCN=C(N)N)c(O)c(NC(=O)Nc2ccc(Oc3cc(N)cc(C(F)(F)F)c3)cc2)c1. The molecule has 14 heteroatoms. The number of urea groups is 1. The van der Waals surface area contributed by atoms with Crippen LogP contribution in [0.3, 0.4) is 0 Å². The van der Waals surface area contributed by atoms with Crippen LogP contribution in [0.25, 0.3) is 0 Å². The number of phenols is 1. The maximum Gasteiger partial charge on any atom is 0.416 e. The van der Waals surface area contributed by atoms with Crippen LogP contribution in [0.4, 0.5) is 40.7 Å². The molecule has 3 aromatic carbocycles. The van der Waals surface area contributed by atoms with E-state index in [9.17, 15) is 27.9 Å². The number of anilines is 4. The number of halogens is 3. The number of unbranched alkanes of at least 4 members (excludes halogenated alkanes) is 1. The van der Waals surface area contributed by atoms with Gasteiger partial charge in [-0.2, -0.15) is 13.2 Å². The molecular formula is C27H30F3N7O4. The van der Waals surface area contributed by atoms with Crippen LogP contribution in [0.15, 0.2) is 59.6 Å². The van der Waals surface area contributed by atoms with Crippen molar-refractivity contribution in [2.45, 2.75) is 32.4 Å². The highest BCUT2D eigenvalue weighted by Crippen LogP contribution is 2.36. The van der Waals surface area contributed by atoms with Crippen LogP contribution in [-0.2, 0) is 11.0 Å². The van der Waals surface area contributed by atoms with Crippen LogP contribution >= 0.6 is 0 Å². The molecule has 0 saturated carbocycles. The van der Waals surface area contributed by atoms with Gasteiger partial charge in [-0.15, -0.1) is 0 Å². The fourth-order valence-corrected chi connectivity index (χ4v) is 3.66. The molecule has 0 fully saturated rings. The van der Waals surface area contributed by atoms with E-state index in [1.807, 2.05) is 0 Å². The molecule has 0 aliphatic rings. The standard InChI is InChI=1S/C27H30F3N7O4/c1-15-10-21(36-23(38)4-2-3-9-34-25(32)33)24(39)22(11-15)37-26(40)35-18-5-7-19(8-6-18)41-20-13-16(27(28,29)30)12-17(31)14-20/h5-8,10-14,39H,2-4,9,31H2,1H3,(H,36,38)(H4,32,33,34)(H2,35,37,40). The number of hydrogen-bond acceptors (Lipinski definition) is 6. The lowest BCUT2D eigenvalue weighted by Gasteiger charge is -2.14. The lowest BCUT2D eigenvalue weighted by Crippen LogP contribution is -2.23. The first-order valence-corrected chi connectivity index (χ1v) is 12.3. The third-order valence-corrected chi connectivity index (χ3v) is 5.49. The van der Waals surface area contributed by atoms with Crippen LogP contribution in [0.1, 0.15) is 30.4 Å². The zero-order valence-electron chi connectivity index (χ0n) is 22.0. The number of rotatable bonds is 10. The summed E-state index contributed by atoms with van der Waals surface area (Å²) in [6.45, 7) is 2.12. The Labute approximate surface area is 233 Å². The maximum atomic E-state index is 13.0. The summed E-state index contributed by atoms with van der Waals surface area (Å²) in [6, 6.07) is 11.1. The second kappa shape index (κ2) is 13.3. The van der Waals surface area contributed by atoms with E-state index in [-0.39, 0.29) is 52.6 Å². The highest BCUT2D eigenvalue weighted by atomic mass is 19.4. The lowest BCUT2D eigenvalue weighted by atomic mass is 10.1. The van der Waals surface area contributed by atoms with Crippen LogP contribution in [-0.4, -0.2) is 29.5 Å². The molecular weight excluding hydrogens is 543 g/mol. The van der Waals surface area contributed by atoms with Crippen molar-refractivity contribution in [1.82, 2.24) is 0 Å². The predicted octanol–water partition coefficient (Wildman–Crippen LogP) is 5.12. The molecule has 0 radical (unpaired) electrons. The quantitative estimate of drug-likeness (QED) is 0.0575. The monoisotopic (exact) mass is 573 g/mol. The smallest absolute Gasteiger partial charge is 0.416 e. The van der Waals surface area contributed by atoms with Crippen molar-refractivity contribution in [1.29, 1.82) is 0 Å². The van der Waals surface area contributed by atoms with Gasteiger partial charge in [-0.05, 0) is 73.9 Å². The van der Waals surface area contributed by atoms with Crippen molar-refractivity contribution < 1.29 is 32.6 Å². The number of aryl methyl sites for hydroxylation is 1. The minimum Gasteiger partial charge on any atom is -0.504 e. The Balaban J connectivity index is 1.59. The molecule has 0 aromatic heterocycles. The summed E-state index contributed by atoms with van der Waals surface area (Å²) in [5.41, 5.74) is 16.2. The number of amides is 3. The molecule has 0 aliphatic heterocycles. The molecule has 11 nitrogen and oxygen atoms in total. The highest BCUT2D eigenvalue weighted by Gasteiger charge is 2.31. The molecule has 218 valence electrons. The number of benzene rings is 3. The Morgan fingerprint density at radius 3 is 2.22 bits per heavy atom. The van der Waals surface area contributed by atoms with Crippen LogP contribution in [0, 0.1) is 6.92 Å². The molecule has 0 aliphatic carbocycles. The van der Waals surface area contributed by atoms with Crippen molar-refractivity contribution in [3.8, 4) is 17.2 Å². The van der Waals surface area contributed by atoms with Gasteiger partial charge in [0.15, 0.2) is 11.7 Å². The summed E-state index contributed by atoms with van der Waals surface area (Å²) in [6.07, 6.45) is -3.27. The normalized spacial score (nSPS) is 10.9. The molecule has 3 amide bonds. The molecule has 0 unspecified atom stereocenters. The van der Waals surface area contributed by atoms with E-state index in [1.54, 1.807) is 13.0 Å². The Kier molecular flexibility index (Phi) is 9.85. The Morgan fingerprint density at radius 2 is 1.59 bits per heavy atom. The third kappa shape index (κ3) is 9.53.